The van der Waals surface area contributed by atoms with Crippen molar-refractivity contribution in [1.29, 1.82) is 0 Å². The van der Waals surface area contributed by atoms with Gasteiger partial charge in [0.15, 0.2) is 0 Å². The summed E-state index contributed by atoms with van der Waals surface area (Å²) in [7, 11) is 0. The quantitative estimate of drug-likeness (QED) is 0.710. The third kappa shape index (κ3) is 4.40. The number of amides is 1. The van der Waals surface area contributed by atoms with Gasteiger partial charge in [-0.05, 0) is 13.3 Å². The van der Waals surface area contributed by atoms with Crippen LogP contribution >= 0.6 is 0 Å². The Labute approximate surface area is 86.3 Å². The Morgan fingerprint density at radius 2 is 1.79 bits per heavy atom. The molecule has 0 atom stereocenters. The first-order valence-electron chi connectivity index (χ1n) is 5.24. The normalized spacial score (nSPS) is 11.1. The molecule has 1 N–H and O–H groups in total. The molecule has 3 nitrogen and oxygen atoms in total. The van der Waals surface area contributed by atoms with E-state index in [9.17, 15) is 9.59 Å². The molecule has 3 heteroatoms. The van der Waals surface area contributed by atoms with Crippen molar-refractivity contribution >= 4 is 11.7 Å². The molecule has 0 saturated carbocycles. The second kappa shape index (κ2) is 5.78. The molecule has 0 bridgehead atoms. The maximum absolute atomic E-state index is 11.5. The summed E-state index contributed by atoms with van der Waals surface area (Å²) in [6, 6.07) is 0. The fraction of sp³-hybridized carbons (Fsp3) is 0.818. The van der Waals surface area contributed by atoms with Crippen molar-refractivity contribution < 1.29 is 9.59 Å². The molecular weight excluding hydrogens is 178 g/mol. The monoisotopic (exact) mass is 199 g/mol. The lowest BCUT2D eigenvalue weighted by Crippen LogP contribution is -2.28. The van der Waals surface area contributed by atoms with E-state index >= 15 is 0 Å². The minimum Gasteiger partial charge on any atom is -0.356 e. The van der Waals surface area contributed by atoms with E-state index in [1.807, 2.05) is 27.7 Å². The first-order valence-corrected chi connectivity index (χ1v) is 5.24. The number of nitrogens with one attached hydrogen (secondary N) is 1. The zero-order chi connectivity index (χ0) is 11.2. The Balaban J connectivity index is 3.98. The third-order valence-electron chi connectivity index (χ3n) is 2.43. The summed E-state index contributed by atoms with van der Waals surface area (Å²) in [6.45, 7) is 8.20. The van der Waals surface area contributed by atoms with E-state index in [0.717, 1.165) is 0 Å². The van der Waals surface area contributed by atoms with Gasteiger partial charge in [-0.1, -0.05) is 20.8 Å². The van der Waals surface area contributed by atoms with E-state index in [1.54, 1.807) is 0 Å². The predicted molar refractivity (Wildman–Crippen MR) is 57.0 cm³/mol. The van der Waals surface area contributed by atoms with Crippen LogP contribution in [0.2, 0.25) is 0 Å². The highest BCUT2D eigenvalue weighted by Crippen LogP contribution is 2.24. The van der Waals surface area contributed by atoms with Crippen molar-refractivity contribution in [2.45, 2.75) is 47.0 Å². The molecule has 0 aliphatic rings. The van der Waals surface area contributed by atoms with Gasteiger partial charge in [0.2, 0.25) is 5.91 Å². The van der Waals surface area contributed by atoms with Gasteiger partial charge in [0.05, 0.1) is 0 Å². The molecular formula is C11H21NO2. The molecule has 1 amide bonds. The summed E-state index contributed by atoms with van der Waals surface area (Å²) in [5, 5.41) is 2.72. The predicted octanol–water partition coefficient (Wildman–Crippen LogP) is 1.91. The van der Waals surface area contributed by atoms with E-state index in [-0.39, 0.29) is 17.1 Å². The number of carbonyl (C=O) groups excluding carboxylic acids is 2. The van der Waals surface area contributed by atoms with E-state index in [0.29, 0.717) is 25.8 Å². The van der Waals surface area contributed by atoms with Crippen molar-refractivity contribution in [2.24, 2.45) is 5.41 Å². The van der Waals surface area contributed by atoms with Crippen LogP contribution in [0.4, 0.5) is 0 Å². The van der Waals surface area contributed by atoms with Crippen molar-refractivity contribution in [3.05, 3.63) is 0 Å². The summed E-state index contributed by atoms with van der Waals surface area (Å²) in [5.41, 5.74) is -0.361. The van der Waals surface area contributed by atoms with Gasteiger partial charge in [0.1, 0.15) is 5.78 Å². The Morgan fingerprint density at radius 1 is 1.21 bits per heavy atom. The number of ketones is 1. The molecule has 0 aromatic rings. The van der Waals surface area contributed by atoms with Crippen molar-refractivity contribution in [1.82, 2.24) is 5.32 Å². The van der Waals surface area contributed by atoms with Gasteiger partial charge in [0.25, 0.3) is 0 Å². The molecule has 0 aliphatic heterocycles. The van der Waals surface area contributed by atoms with Gasteiger partial charge in [0, 0.05) is 24.8 Å². The summed E-state index contributed by atoms with van der Waals surface area (Å²) in [5.74, 6) is 0.256. The Kier molecular flexibility index (Phi) is 5.43. The summed E-state index contributed by atoms with van der Waals surface area (Å²) in [4.78, 5) is 22.7. The average Bonchev–Trinajstić information content (AvgIpc) is 2.14. The highest BCUT2D eigenvalue weighted by Gasteiger charge is 2.26. The molecule has 0 heterocycles. The van der Waals surface area contributed by atoms with Gasteiger partial charge in [-0.25, -0.2) is 0 Å². The Bertz CT molecular complexity index is 209. The highest BCUT2D eigenvalue weighted by molar-refractivity contribution is 5.84. The molecule has 0 aliphatic carbocycles. The van der Waals surface area contributed by atoms with Gasteiger partial charge < -0.3 is 5.32 Å². The van der Waals surface area contributed by atoms with Crippen LogP contribution in [0.5, 0.6) is 0 Å². The molecule has 14 heavy (non-hydrogen) atoms. The van der Waals surface area contributed by atoms with E-state index in [2.05, 4.69) is 5.32 Å². The second-order valence-corrected chi connectivity index (χ2v) is 4.11. The molecule has 0 fully saturated rings. The molecule has 0 aromatic heterocycles. The Morgan fingerprint density at radius 3 is 2.21 bits per heavy atom. The van der Waals surface area contributed by atoms with Crippen LogP contribution in [-0.4, -0.2) is 18.2 Å². The smallest absolute Gasteiger partial charge is 0.220 e. The van der Waals surface area contributed by atoms with Crippen LogP contribution in [0.1, 0.15) is 47.0 Å². The van der Waals surface area contributed by atoms with Gasteiger partial charge in [-0.3, -0.25) is 9.59 Å². The zero-order valence-electron chi connectivity index (χ0n) is 9.64. The molecule has 0 unspecified atom stereocenters. The molecule has 0 saturated heterocycles. The highest BCUT2D eigenvalue weighted by atomic mass is 16.1. The lowest BCUT2D eigenvalue weighted by molar-refractivity contribution is -0.128. The number of rotatable bonds is 6. The first kappa shape index (κ1) is 13.1. The van der Waals surface area contributed by atoms with E-state index < -0.39 is 0 Å². The summed E-state index contributed by atoms with van der Waals surface area (Å²) < 4.78 is 0. The largest absolute Gasteiger partial charge is 0.356 e. The number of Topliss-reactive ketones (excluding diaryl/α,β-unsaturated/α-hetero) is 1. The van der Waals surface area contributed by atoms with Crippen LogP contribution in [0, 0.1) is 5.41 Å². The van der Waals surface area contributed by atoms with Gasteiger partial charge >= 0.3 is 0 Å². The van der Waals surface area contributed by atoms with Crippen LogP contribution in [-0.2, 0) is 9.59 Å². The minimum atomic E-state index is -0.361. The number of carbonyl (C=O) groups is 2. The van der Waals surface area contributed by atoms with Crippen LogP contribution in [0.3, 0.4) is 0 Å². The summed E-state index contributed by atoms with van der Waals surface area (Å²) in [6.07, 6.45) is 1.61. The maximum atomic E-state index is 11.5. The van der Waals surface area contributed by atoms with E-state index in [4.69, 9.17) is 0 Å². The van der Waals surface area contributed by atoms with Crippen molar-refractivity contribution in [3.8, 4) is 0 Å². The van der Waals surface area contributed by atoms with Gasteiger partial charge in [-0.2, -0.15) is 0 Å². The van der Waals surface area contributed by atoms with Gasteiger partial charge in [-0.15, -0.1) is 0 Å². The Hall–Kier alpha value is -0.860. The van der Waals surface area contributed by atoms with Crippen LogP contribution < -0.4 is 5.32 Å². The average molecular weight is 199 g/mol. The molecule has 0 radical (unpaired) electrons. The lowest BCUT2D eigenvalue weighted by atomic mass is 9.82. The molecule has 0 spiro atoms. The number of hydrogen-bond acceptors (Lipinski definition) is 2. The topological polar surface area (TPSA) is 46.2 Å². The second-order valence-electron chi connectivity index (χ2n) is 4.11. The third-order valence-corrected chi connectivity index (χ3v) is 2.43. The fourth-order valence-electron chi connectivity index (χ4n) is 1.33. The summed E-state index contributed by atoms with van der Waals surface area (Å²) >= 11 is 0. The minimum absolute atomic E-state index is 0.0319. The van der Waals surface area contributed by atoms with Crippen LogP contribution in [0.15, 0.2) is 0 Å². The first-order chi connectivity index (χ1) is 6.44. The maximum Gasteiger partial charge on any atom is 0.220 e. The molecule has 0 aromatic carbocycles. The SMILES string of the molecule is CCNC(=O)CCC(C)(C)C(=O)CC. The fourth-order valence-corrected chi connectivity index (χ4v) is 1.33. The van der Waals surface area contributed by atoms with Crippen molar-refractivity contribution in [2.75, 3.05) is 6.54 Å². The van der Waals surface area contributed by atoms with E-state index in [1.165, 1.54) is 0 Å². The molecule has 82 valence electrons. The van der Waals surface area contributed by atoms with Crippen LogP contribution in [0.25, 0.3) is 0 Å². The lowest BCUT2D eigenvalue weighted by Gasteiger charge is -2.21. The zero-order valence-corrected chi connectivity index (χ0v) is 9.64. The number of hydrogen-bond donors (Lipinski definition) is 1. The molecule has 0 rings (SSSR count). The standard InChI is InChI=1S/C11H21NO2/c1-5-9(13)11(3,4)8-7-10(14)12-6-2/h5-8H2,1-4H3,(H,12,14). The van der Waals surface area contributed by atoms with Crippen molar-refractivity contribution in [3.63, 3.8) is 0 Å².